The van der Waals surface area contributed by atoms with Crippen molar-refractivity contribution in [2.75, 3.05) is 13.2 Å². The first kappa shape index (κ1) is 25.4. The second-order valence-corrected chi connectivity index (χ2v) is 8.24. The lowest BCUT2D eigenvalue weighted by atomic mass is 9.79. The topological polar surface area (TPSA) is 190 Å². The van der Waals surface area contributed by atoms with Crippen LogP contribution in [0.4, 0.5) is 0 Å². The number of hydrogen-bond acceptors (Lipinski definition) is 11. The SMILES string of the molecule is CCC(c1ccccc1)[C@@]1(O)O[C@H](CO[C@@H]2O[C@H](CO)[C@@H](O)[C@H](O)[C@H]2O)[C@@H](O)[C@H](O)[C@H]1O. The van der Waals surface area contributed by atoms with E-state index in [0.29, 0.717) is 12.0 Å². The molecule has 3 rings (SSSR count). The molecule has 2 aliphatic heterocycles. The molecule has 1 aromatic carbocycles. The predicted molar refractivity (Wildman–Crippen MR) is 107 cm³/mol. The van der Waals surface area contributed by atoms with Crippen LogP contribution in [-0.4, -0.2) is 115 Å². The van der Waals surface area contributed by atoms with Crippen molar-refractivity contribution in [3.8, 4) is 0 Å². The third kappa shape index (κ3) is 4.69. The lowest BCUT2D eigenvalue weighted by molar-refractivity contribution is -0.369. The average molecular weight is 460 g/mol. The summed E-state index contributed by atoms with van der Waals surface area (Å²) in [6.45, 7) is 0.608. The van der Waals surface area contributed by atoms with Crippen LogP contribution in [0.15, 0.2) is 30.3 Å². The van der Waals surface area contributed by atoms with Crippen molar-refractivity contribution < 1.29 is 55.1 Å². The minimum absolute atomic E-state index is 0.334. The Kier molecular flexibility index (Phi) is 8.23. The summed E-state index contributed by atoms with van der Waals surface area (Å²) < 4.78 is 16.3. The summed E-state index contributed by atoms with van der Waals surface area (Å²) in [5.41, 5.74) is 0.647. The van der Waals surface area contributed by atoms with Crippen LogP contribution in [0.3, 0.4) is 0 Å². The normalized spacial score (nSPS) is 43.7. The molecule has 0 bridgehead atoms. The average Bonchev–Trinajstić information content (AvgIpc) is 2.80. The first-order valence-electron chi connectivity index (χ1n) is 10.6. The Hall–Kier alpha value is -1.22. The number of rotatable bonds is 7. The van der Waals surface area contributed by atoms with E-state index in [1.165, 1.54) is 0 Å². The summed E-state index contributed by atoms with van der Waals surface area (Å²) >= 11 is 0. The van der Waals surface area contributed by atoms with Crippen LogP contribution in [0.1, 0.15) is 24.8 Å². The van der Waals surface area contributed by atoms with E-state index in [0.717, 1.165) is 0 Å². The van der Waals surface area contributed by atoms with Crippen molar-refractivity contribution in [2.24, 2.45) is 0 Å². The van der Waals surface area contributed by atoms with Crippen molar-refractivity contribution in [3.05, 3.63) is 35.9 Å². The molecule has 8 N–H and O–H groups in total. The van der Waals surface area contributed by atoms with Gasteiger partial charge in [0, 0.05) is 5.92 Å². The van der Waals surface area contributed by atoms with Gasteiger partial charge < -0.3 is 55.1 Å². The summed E-state index contributed by atoms with van der Waals surface area (Å²) in [6.07, 6.45) is -13.8. The van der Waals surface area contributed by atoms with Gasteiger partial charge in [-0.15, -0.1) is 0 Å². The molecule has 2 fully saturated rings. The number of hydrogen-bond donors (Lipinski definition) is 8. The molecule has 0 saturated carbocycles. The van der Waals surface area contributed by atoms with E-state index in [1.807, 2.05) is 0 Å². The highest BCUT2D eigenvalue weighted by molar-refractivity contribution is 5.23. The molecule has 0 aromatic heterocycles. The van der Waals surface area contributed by atoms with Gasteiger partial charge >= 0.3 is 0 Å². The minimum Gasteiger partial charge on any atom is -0.394 e. The first-order chi connectivity index (χ1) is 15.2. The fraction of sp³-hybridized carbons (Fsp3) is 0.714. The van der Waals surface area contributed by atoms with Crippen LogP contribution in [0.25, 0.3) is 0 Å². The third-order valence-corrected chi connectivity index (χ3v) is 6.20. The zero-order valence-electron chi connectivity index (χ0n) is 17.6. The molecule has 1 unspecified atom stereocenters. The highest BCUT2D eigenvalue weighted by Crippen LogP contribution is 2.41. The number of aliphatic hydroxyl groups excluding tert-OH is 7. The van der Waals surface area contributed by atoms with E-state index in [-0.39, 0.29) is 0 Å². The Bertz CT molecular complexity index is 719. The van der Waals surface area contributed by atoms with Crippen molar-refractivity contribution >= 4 is 0 Å². The molecule has 1 aromatic rings. The van der Waals surface area contributed by atoms with Crippen LogP contribution in [0.2, 0.25) is 0 Å². The van der Waals surface area contributed by atoms with Gasteiger partial charge in [-0.05, 0) is 12.0 Å². The van der Waals surface area contributed by atoms with Crippen LogP contribution < -0.4 is 0 Å². The Labute approximate surface area is 185 Å². The summed E-state index contributed by atoms with van der Waals surface area (Å²) in [5.74, 6) is -3.02. The lowest BCUT2D eigenvalue weighted by Gasteiger charge is -2.49. The molecule has 11 atom stereocenters. The monoisotopic (exact) mass is 460 g/mol. The quantitative estimate of drug-likeness (QED) is 0.209. The minimum atomic E-state index is -2.27. The van der Waals surface area contributed by atoms with Gasteiger partial charge in [-0.25, -0.2) is 0 Å². The van der Waals surface area contributed by atoms with E-state index >= 15 is 0 Å². The van der Waals surface area contributed by atoms with Crippen LogP contribution in [-0.2, 0) is 14.2 Å². The predicted octanol–water partition coefficient (Wildman–Crippen LogP) is -2.83. The summed E-state index contributed by atoms with van der Waals surface area (Å²) in [4.78, 5) is 0. The Balaban J connectivity index is 1.77. The van der Waals surface area contributed by atoms with E-state index in [2.05, 4.69) is 0 Å². The smallest absolute Gasteiger partial charge is 0.202 e. The van der Waals surface area contributed by atoms with Crippen molar-refractivity contribution in [1.82, 2.24) is 0 Å². The number of benzene rings is 1. The summed E-state index contributed by atoms with van der Waals surface area (Å²) in [7, 11) is 0. The maximum Gasteiger partial charge on any atom is 0.202 e. The number of ether oxygens (including phenoxy) is 3. The van der Waals surface area contributed by atoms with E-state index in [1.54, 1.807) is 37.3 Å². The van der Waals surface area contributed by atoms with Gasteiger partial charge in [-0.2, -0.15) is 0 Å². The molecule has 2 aliphatic rings. The number of aliphatic hydroxyl groups is 8. The van der Waals surface area contributed by atoms with Gasteiger partial charge in [0.15, 0.2) is 6.29 Å². The fourth-order valence-electron chi connectivity index (χ4n) is 4.30. The Morgan fingerprint density at radius 1 is 0.906 bits per heavy atom. The molecule has 32 heavy (non-hydrogen) atoms. The molecule has 2 saturated heterocycles. The zero-order valence-corrected chi connectivity index (χ0v) is 17.6. The van der Waals surface area contributed by atoms with Gasteiger partial charge in [0.25, 0.3) is 0 Å². The van der Waals surface area contributed by atoms with Gasteiger partial charge in [0.1, 0.15) is 48.8 Å². The first-order valence-corrected chi connectivity index (χ1v) is 10.6. The van der Waals surface area contributed by atoms with Gasteiger partial charge in [0.2, 0.25) is 5.79 Å². The largest absolute Gasteiger partial charge is 0.394 e. The van der Waals surface area contributed by atoms with Gasteiger partial charge in [-0.1, -0.05) is 37.3 Å². The summed E-state index contributed by atoms with van der Waals surface area (Å²) in [6, 6.07) is 8.76. The van der Waals surface area contributed by atoms with Gasteiger partial charge in [-0.3, -0.25) is 0 Å². The molecule has 0 aliphatic carbocycles. The van der Waals surface area contributed by atoms with Crippen LogP contribution in [0, 0.1) is 0 Å². The molecular formula is C21H32O11. The van der Waals surface area contributed by atoms with Crippen molar-refractivity contribution in [1.29, 1.82) is 0 Å². The molecule has 11 nitrogen and oxygen atoms in total. The maximum atomic E-state index is 11.3. The highest BCUT2D eigenvalue weighted by Gasteiger charge is 2.56. The molecule has 0 amide bonds. The van der Waals surface area contributed by atoms with Crippen LogP contribution in [0.5, 0.6) is 0 Å². The maximum absolute atomic E-state index is 11.3. The van der Waals surface area contributed by atoms with E-state index in [4.69, 9.17) is 14.2 Å². The second kappa shape index (κ2) is 10.4. The van der Waals surface area contributed by atoms with Crippen LogP contribution >= 0.6 is 0 Å². The zero-order chi connectivity index (χ0) is 23.6. The van der Waals surface area contributed by atoms with E-state index in [9.17, 15) is 40.9 Å². The lowest BCUT2D eigenvalue weighted by Crippen LogP contribution is -2.67. The second-order valence-electron chi connectivity index (χ2n) is 8.24. The van der Waals surface area contributed by atoms with E-state index < -0.39 is 80.0 Å². The van der Waals surface area contributed by atoms with Crippen molar-refractivity contribution in [2.45, 2.75) is 80.2 Å². The molecule has 11 heteroatoms. The third-order valence-electron chi connectivity index (χ3n) is 6.20. The molecule has 0 radical (unpaired) electrons. The molecule has 2 heterocycles. The molecule has 182 valence electrons. The Morgan fingerprint density at radius 3 is 2.12 bits per heavy atom. The highest BCUT2D eigenvalue weighted by atomic mass is 16.7. The van der Waals surface area contributed by atoms with Crippen molar-refractivity contribution in [3.63, 3.8) is 0 Å². The fourth-order valence-corrected chi connectivity index (χ4v) is 4.30. The van der Waals surface area contributed by atoms with Gasteiger partial charge in [0.05, 0.1) is 13.2 Å². The summed E-state index contributed by atoms with van der Waals surface area (Å²) in [5, 5.41) is 81.8. The molecule has 0 spiro atoms. The standard InChI is InChI=1S/C21H32O11/c1-2-11(10-6-4-3-5-7-10)21(29)19(28)17(26)15(24)13(32-21)9-30-20-18(27)16(25)14(23)12(8-22)31-20/h3-7,11-20,22-29H,2,8-9H2,1H3/t11?,12-,13-,14-,15-,16+,17+,18-,19-,20-,21-/m1/s1. The Morgan fingerprint density at radius 2 is 1.53 bits per heavy atom. The molecular weight excluding hydrogens is 428 g/mol.